The lowest BCUT2D eigenvalue weighted by Gasteiger charge is -1.94. The number of guanidine groups is 1. The topological polar surface area (TPSA) is 82.2 Å². The van der Waals surface area contributed by atoms with Crippen molar-refractivity contribution in [3.8, 4) is 0 Å². The van der Waals surface area contributed by atoms with Gasteiger partial charge in [0.1, 0.15) is 0 Å². The maximum absolute atomic E-state index is 5.24. The summed E-state index contributed by atoms with van der Waals surface area (Å²) in [6, 6.07) is 0. The Kier molecular flexibility index (Phi) is 2.89. The lowest BCUT2D eigenvalue weighted by Crippen LogP contribution is -2.22. The minimum Gasteiger partial charge on any atom is -0.370 e. The zero-order chi connectivity index (χ0) is 9.84. The van der Waals surface area contributed by atoms with Gasteiger partial charge in [-0.25, -0.2) is 4.99 Å². The van der Waals surface area contributed by atoms with E-state index < -0.39 is 0 Å². The third kappa shape index (κ3) is 2.47. The maximum atomic E-state index is 5.24. The van der Waals surface area contributed by atoms with E-state index in [4.69, 9.17) is 11.5 Å². The van der Waals surface area contributed by atoms with E-state index in [-0.39, 0.29) is 5.96 Å². The molecule has 0 spiro atoms. The molecule has 4 N–H and O–H groups in total. The second-order valence-corrected chi connectivity index (χ2v) is 2.87. The second kappa shape index (κ2) is 3.93. The Morgan fingerprint density at radius 1 is 1.62 bits per heavy atom. The predicted molar refractivity (Wildman–Crippen MR) is 52.1 cm³/mol. The fourth-order valence-corrected chi connectivity index (χ4v) is 1.19. The summed E-state index contributed by atoms with van der Waals surface area (Å²) in [5.74, 6) is 0.117. The fourth-order valence-electron chi connectivity index (χ4n) is 1.19. The molecule has 0 saturated heterocycles. The van der Waals surface area contributed by atoms with Crippen molar-refractivity contribution in [2.75, 3.05) is 0 Å². The maximum Gasteiger partial charge on any atom is 0.186 e. The highest BCUT2D eigenvalue weighted by molar-refractivity contribution is 5.75. The molecule has 1 heterocycles. The lowest BCUT2D eigenvalue weighted by molar-refractivity contribution is 0.746. The Hall–Kier alpha value is -1.52. The highest BCUT2D eigenvalue weighted by Gasteiger charge is 2.03. The first-order chi connectivity index (χ1) is 6.13. The molecule has 0 radical (unpaired) electrons. The van der Waals surface area contributed by atoms with Gasteiger partial charge in [0.25, 0.3) is 0 Å². The van der Waals surface area contributed by atoms with Crippen LogP contribution in [0.4, 0.5) is 0 Å². The van der Waals surface area contributed by atoms with Gasteiger partial charge >= 0.3 is 0 Å². The molecule has 1 rings (SSSR count). The van der Waals surface area contributed by atoms with Crippen molar-refractivity contribution >= 4 is 5.96 Å². The molecule has 72 valence electrons. The van der Waals surface area contributed by atoms with Crippen molar-refractivity contribution in [3.63, 3.8) is 0 Å². The van der Waals surface area contributed by atoms with Crippen LogP contribution in [-0.2, 0) is 20.0 Å². The molecule has 5 nitrogen and oxygen atoms in total. The largest absolute Gasteiger partial charge is 0.370 e. The van der Waals surface area contributed by atoms with Gasteiger partial charge in [0.2, 0.25) is 0 Å². The highest BCUT2D eigenvalue weighted by atomic mass is 15.3. The first-order valence-electron chi connectivity index (χ1n) is 4.20. The van der Waals surface area contributed by atoms with Gasteiger partial charge in [-0.05, 0) is 6.42 Å². The molecule has 13 heavy (non-hydrogen) atoms. The number of nitrogens with zero attached hydrogens (tertiary/aromatic N) is 3. The number of aryl methyl sites for hydroxylation is 2. The van der Waals surface area contributed by atoms with E-state index in [1.807, 2.05) is 13.2 Å². The molecule has 1 aromatic heterocycles. The van der Waals surface area contributed by atoms with Gasteiger partial charge in [-0.3, -0.25) is 4.68 Å². The van der Waals surface area contributed by atoms with Crippen LogP contribution in [0.15, 0.2) is 11.2 Å². The Labute approximate surface area is 77.4 Å². The molecule has 0 aromatic carbocycles. The van der Waals surface area contributed by atoms with E-state index in [0.717, 1.165) is 17.7 Å². The predicted octanol–water partition coefficient (Wildman–Crippen LogP) is -0.244. The van der Waals surface area contributed by atoms with Gasteiger partial charge < -0.3 is 11.5 Å². The minimum atomic E-state index is 0.117. The summed E-state index contributed by atoms with van der Waals surface area (Å²) < 4.78 is 1.77. The molecule has 0 unspecified atom stereocenters. The van der Waals surface area contributed by atoms with Gasteiger partial charge in [-0.1, -0.05) is 6.92 Å². The summed E-state index contributed by atoms with van der Waals surface area (Å²) in [5.41, 5.74) is 12.6. The molecule has 0 bridgehead atoms. The fraction of sp³-hybridized carbons (Fsp3) is 0.500. The summed E-state index contributed by atoms with van der Waals surface area (Å²) in [6.07, 6.45) is 2.83. The molecule has 0 saturated carbocycles. The van der Waals surface area contributed by atoms with Crippen molar-refractivity contribution in [2.45, 2.75) is 19.9 Å². The van der Waals surface area contributed by atoms with Crippen molar-refractivity contribution in [3.05, 3.63) is 17.5 Å². The van der Waals surface area contributed by atoms with Crippen molar-refractivity contribution in [1.29, 1.82) is 0 Å². The zero-order valence-electron chi connectivity index (χ0n) is 7.99. The average Bonchev–Trinajstić information content (AvgIpc) is 2.42. The van der Waals surface area contributed by atoms with Crippen LogP contribution in [0, 0.1) is 0 Å². The van der Waals surface area contributed by atoms with Crippen molar-refractivity contribution in [2.24, 2.45) is 23.5 Å². The van der Waals surface area contributed by atoms with E-state index in [1.54, 1.807) is 4.68 Å². The molecule has 0 aliphatic rings. The molecule has 0 atom stereocenters. The molecule has 0 aliphatic carbocycles. The number of rotatable bonds is 3. The molecule has 0 aliphatic heterocycles. The molecule has 0 amide bonds. The Balaban J connectivity index is 2.81. The summed E-state index contributed by atoms with van der Waals surface area (Å²) >= 11 is 0. The van der Waals surface area contributed by atoms with Crippen LogP contribution in [0.3, 0.4) is 0 Å². The van der Waals surface area contributed by atoms with E-state index in [1.165, 1.54) is 0 Å². The average molecular weight is 181 g/mol. The number of hydrogen-bond acceptors (Lipinski definition) is 2. The number of aromatic nitrogens is 2. The van der Waals surface area contributed by atoms with Crippen LogP contribution in [0.1, 0.15) is 18.2 Å². The Morgan fingerprint density at radius 3 is 2.85 bits per heavy atom. The third-order valence-electron chi connectivity index (χ3n) is 1.76. The Morgan fingerprint density at radius 2 is 2.31 bits per heavy atom. The number of hydrogen-bond donors (Lipinski definition) is 2. The first-order valence-corrected chi connectivity index (χ1v) is 4.20. The van der Waals surface area contributed by atoms with E-state index in [9.17, 15) is 0 Å². The minimum absolute atomic E-state index is 0.117. The van der Waals surface area contributed by atoms with Gasteiger partial charge in [0, 0.05) is 18.8 Å². The van der Waals surface area contributed by atoms with Gasteiger partial charge in [0.15, 0.2) is 5.96 Å². The second-order valence-electron chi connectivity index (χ2n) is 2.87. The van der Waals surface area contributed by atoms with Crippen LogP contribution in [0.25, 0.3) is 0 Å². The van der Waals surface area contributed by atoms with E-state index >= 15 is 0 Å². The molecular weight excluding hydrogens is 166 g/mol. The summed E-state index contributed by atoms with van der Waals surface area (Å²) in [5, 5.41) is 4.27. The van der Waals surface area contributed by atoms with Crippen LogP contribution in [0.5, 0.6) is 0 Å². The summed E-state index contributed by atoms with van der Waals surface area (Å²) in [4.78, 5) is 3.94. The smallest absolute Gasteiger partial charge is 0.186 e. The monoisotopic (exact) mass is 181 g/mol. The summed E-state index contributed by atoms with van der Waals surface area (Å²) in [7, 11) is 1.89. The normalized spacial score (nSPS) is 10.0. The van der Waals surface area contributed by atoms with E-state index in [0.29, 0.717) is 6.54 Å². The van der Waals surface area contributed by atoms with Crippen LogP contribution in [0.2, 0.25) is 0 Å². The molecule has 0 fully saturated rings. The quantitative estimate of drug-likeness (QED) is 0.498. The van der Waals surface area contributed by atoms with Gasteiger partial charge in [-0.2, -0.15) is 5.10 Å². The van der Waals surface area contributed by atoms with Crippen LogP contribution < -0.4 is 11.5 Å². The van der Waals surface area contributed by atoms with Crippen LogP contribution in [-0.4, -0.2) is 15.7 Å². The molecular formula is C8H15N5. The van der Waals surface area contributed by atoms with E-state index in [2.05, 4.69) is 17.0 Å². The van der Waals surface area contributed by atoms with Crippen molar-refractivity contribution < 1.29 is 0 Å². The summed E-state index contributed by atoms with van der Waals surface area (Å²) in [6.45, 7) is 2.57. The van der Waals surface area contributed by atoms with Gasteiger partial charge in [-0.15, -0.1) is 0 Å². The SMILES string of the molecule is CCc1nn(C)cc1CN=C(N)N. The third-order valence-corrected chi connectivity index (χ3v) is 1.76. The zero-order valence-corrected chi connectivity index (χ0v) is 7.99. The number of nitrogens with two attached hydrogens (primary N) is 2. The molecule has 5 heteroatoms. The van der Waals surface area contributed by atoms with Crippen molar-refractivity contribution in [1.82, 2.24) is 9.78 Å². The number of aliphatic imine (C=N–C) groups is 1. The van der Waals surface area contributed by atoms with Gasteiger partial charge in [0.05, 0.1) is 12.2 Å². The first kappa shape index (κ1) is 9.57. The Bertz CT molecular complexity index is 308. The lowest BCUT2D eigenvalue weighted by atomic mass is 10.2. The standard InChI is InChI=1S/C8H15N5/c1-3-7-6(4-11-8(9)10)5-13(2)12-7/h5H,3-4H2,1-2H3,(H4,9,10,11). The highest BCUT2D eigenvalue weighted by Crippen LogP contribution is 2.07. The van der Waals surface area contributed by atoms with Crippen LogP contribution >= 0.6 is 0 Å². The molecule has 1 aromatic rings.